The summed E-state index contributed by atoms with van der Waals surface area (Å²) in [5.41, 5.74) is 19.2. The summed E-state index contributed by atoms with van der Waals surface area (Å²) in [6.45, 7) is 19.0. The Labute approximate surface area is 457 Å². The average molecular weight is 1020 g/mol. The van der Waals surface area contributed by atoms with Gasteiger partial charge in [-0.25, -0.2) is 0 Å². The number of anilines is 5. The van der Waals surface area contributed by atoms with Gasteiger partial charge in [0.15, 0.2) is 8.07 Å². The molecule has 1 fully saturated rings. The number of furan rings is 1. The van der Waals surface area contributed by atoms with Crippen LogP contribution in [0.2, 0.25) is 0 Å². The fourth-order valence-electron chi connectivity index (χ4n) is 14.7. The lowest BCUT2D eigenvalue weighted by Crippen LogP contribution is -2.75. The highest BCUT2D eigenvalue weighted by Crippen LogP contribution is 2.62. The van der Waals surface area contributed by atoms with Crippen LogP contribution in [-0.2, 0) is 16.2 Å². The van der Waals surface area contributed by atoms with Crippen molar-refractivity contribution in [1.29, 1.82) is 0 Å². The standard InChI is InChI=1S/C72H67BN2OSi/c1-69(2,3)51-37-39-61(58(44-51)49-28-16-10-17-29-49)74-62-42-50(48-26-14-9-15-27-48)43-63-65(62)73(68-66(74)57-38-36-52(70(4,5)6)45-64(57)76-68)60-47-56(46-59-67(60)75(63)72(8)41-25-24-40-71(59,72)7)77(53-30-18-11-19-31-53,54-32-20-12-21-33-54)55-34-22-13-23-35-55/h9-23,26-39,42-47H,24-25,40-41H2,1-8H3. The molecule has 0 radical (unpaired) electrons. The van der Waals surface area contributed by atoms with Crippen LogP contribution in [-0.4, -0.2) is 20.3 Å². The molecule has 0 saturated heterocycles. The molecule has 2 unspecified atom stereocenters. The summed E-state index contributed by atoms with van der Waals surface area (Å²) in [5.74, 6) is 0. The second kappa shape index (κ2) is 17.2. The van der Waals surface area contributed by atoms with Gasteiger partial charge in [-0.05, 0) is 132 Å². The second-order valence-electron chi connectivity index (χ2n) is 25.1. The molecule has 1 saturated carbocycles. The van der Waals surface area contributed by atoms with Crippen LogP contribution in [0.3, 0.4) is 0 Å². The van der Waals surface area contributed by atoms with E-state index in [9.17, 15) is 0 Å². The number of nitrogens with zero attached hydrogens (tertiary/aromatic N) is 2. The van der Waals surface area contributed by atoms with Gasteiger partial charge in [-0.15, -0.1) is 0 Å². The molecule has 4 heterocycles. The molecular weight excluding hydrogens is 948 g/mol. The molecule has 3 nitrogen and oxygen atoms in total. The van der Waals surface area contributed by atoms with Crippen LogP contribution in [0.4, 0.5) is 28.4 Å². The predicted molar refractivity (Wildman–Crippen MR) is 330 cm³/mol. The van der Waals surface area contributed by atoms with Crippen molar-refractivity contribution < 1.29 is 4.42 Å². The minimum absolute atomic E-state index is 0.0624. The number of benzene rings is 9. The van der Waals surface area contributed by atoms with Crippen molar-refractivity contribution >= 4 is 91.5 Å². The maximum Gasteiger partial charge on any atom is 0.297 e. The minimum Gasteiger partial charge on any atom is -0.468 e. The Balaban J connectivity index is 1.17. The molecule has 0 N–H and O–H groups in total. The first-order valence-electron chi connectivity index (χ1n) is 28.2. The summed E-state index contributed by atoms with van der Waals surface area (Å²) in [6, 6.07) is 81.7. The summed E-state index contributed by atoms with van der Waals surface area (Å²) >= 11 is 0. The van der Waals surface area contributed by atoms with Gasteiger partial charge in [0.2, 0.25) is 0 Å². The molecule has 0 spiro atoms. The SMILES string of the molecule is CC(C)(C)c1ccc(N2c3cc(-c4ccccc4)cc4c3B(c3cc([Si](c5ccccc5)(c5ccccc5)c5ccccc5)cc5c3N4C3(C)CCCCC53C)c3oc4cc(C(C)(C)C)ccc4c32)c(-c2ccccc2)c1. The molecule has 3 aliphatic heterocycles. The molecule has 5 heteroatoms. The molecule has 1 aromatic heterocycles. The first-order chi connectivity index (χ1) is 37.2. The van der Waals surface area contributed by atoms with E-state index in [-0.39, 0.29) is 28.5 Å². The van der Waals surface area contributed by atoms with Crippen LogP contribution in [0.1, 0.15) is 97.8 Å². The zero-order valence-corrected chi connectivity index (χ0v) is 46.9. The zero-order valence-electron chi connectivity index (χ0n) is 45.9. The van der Waals surface area contributed by atoms with Crippen molar-refractivity contribution in [2.45, 2.75) is 103 Å². The van der Waals surface area contributed by atoms with Gasteiger partial charge in [-0.1, -0.05) is 237 Å². The highest BCUT2D eigenvalue weighted by atomic mass is 28.3. The lowest BCUT2D eigenvalue weighted by molar-refractivity contribution is 0.195. The van der Waals surface area contributed by atoms with Crippen LogP contribution < -0.4 is 47.1 Å². The van der Waals surface area contributed by atoms with Crippen molar-refractivity contribution in [3.05, 3.63) is 229 Å². The lowest BCUT2D eigenvalue weighted by Gasteiger charge is -2.52. The third-order valence-electron chi connectivity index (χ3n) is 18.8. The van der Waals surface area contributed by atoms with E-state index in [4.69, 9.17) is 4.42 Å². The van der Waals surface area contributed by atoms with Crippen molar-refractivity contribution in [3.63, 3.8) is 0 Å². The van der Waals surface area contributed by atoms with Crippen LogP contribution in [0, 0.1) is 0 Å². The number of rotatable bonds is 7. The Morgan fingerprint density at radius 1 is 0.481 bits per heavy atom. The fraction of sp³-hybridized carbons (Fsp3) is 0.222. The van der Waals surface area contributed by atoms with Gasteiger partial charge in [0.1, 0.15) is 5.58 Å². The normalized spacial score (nSPS) is 18.5. The van der Waals surface area contributed by atoms with Gasteiger partial charge in [0.05, 0.1) is 22.6 Å². The van der Waals surface area contributed by atoms with Gasteiger partial charge in [0, 0.05) is 33.4 Å². The van der Waals surface area contributed by atoms with Crippen LogP contribution in [0.15, 0.2) is 217 Å². The van der Waals surface area contributed by atoms with E-state index in [2.05, 4.69) is 278 Å². The molecule has 10 aromatic rings. The van der Waals surface area contributed by atoms with Crippen molar-refractivity contribution in [2.75, 3.05) is 9.80 Å². The van der Waals surface area contributed by atoms with Gasteiger partial charge >= 0.3 is 0 Å². The largest absolute Gasteiger partial charge is 0.468 e. The summed E-state index contributed by atoms with van der Waals surface area (Å²) in [5, 5.41) is 6.73. The maximum atomic E-state index is 7.82. The third kappa shape index (κ3) is 6.94. The molecular formula is C72H67BN2OSi. The molecule has 9 aromatic carbocycles. The Hall–Kier alpha value is -7.60. The van der Waals surface area contributed by atoms with Crippen LogP contribution in [0.25, 0.3) is 33.2 Å². The summed E-state index contributed by atoms with van der Waals surface area (Å²) in [6.07, 6.45) is 4.61. The number of hydrogen-bond donors (Lipinski definition) is 0. The van der Waals surface area contributed by atoms with E-state index in [1.165, 1.54) is 101 Å². The maximum absolute atomic E-state index is 7.82. The molecule has 4 aliphatic rings. The third-order valence-corrected chi connectivity index (χ3v) is 23.6. The zero-order chi connectivity index (χ0) is 52.6. The first-order valence-corrected chi connectivity index (χ1v) is 30.2. The van der Waals surface area contributed by atoms with Crippen molar-refractivity contribution in [3.8, 4) is 22.3 Å². The van der Waals surface area contributed by atoms with Crippen molar-refractivity contribution in [2.24, 2.45) is 0 Å². The summed E-state index contributed by atoms with van der Waals surface area (Å²) in [7, 11) is -3.03. The lowest BCUT2D eigenvalue weighted by atomic mass is 9.35. The molecule has 0 amide bonds. The smallest absolute Gasteiger partial charge is 0.297 e. The highest BCUT2D eigenvalue weighted by molar-refractivity contribution is 7.20. The Morgan fingerprint density at radius 3 is 1.61 bits per heavy atom. The number of fused-ring (bicyclic) bond motifs is 9. The molecule has 0 bridgehead atoms. The quantitative estimate of drug-likeness (QED) is 0.117. The predicted octanol–water partition coefficient (Wildman–Crippen LogP) is 14.1. The van der Waals surface area contributed by atoms with Gasteiger partial charge in [-0.2, -0.15) is 0 Å². The fourth-order valence-corrected chi connectivity index (χ4v) is 19.5. The highest BCUT2D eigenvalue weighted by Gasteiger charge is 2.63. The molecule has 2 atom stereocenters. The average Bonchev–Trinajstić information content (AvgIpc) is 3.96. The molecule has 1 aliphatic carbocycles. The van der Waals surface area contributed by atoms with E-state index < -0.39 is 8.07 Å². The van der Waals surface area contributed by atoms with E-state index in [1.807, 2.05) is 0 Å². The van der Waals surface area contributed by atoms with Gasteiger partial charge in [-0.3, -0.25) is 0 Å². The van der Waals surface area contributed by atoms with Crippen LogP contribution in [0.5, 0.6) is 0 Å². The van der Waals surface area contributed by atoms with Gasteiger partial charge in [0.25, 0.3) is 6.71 Å². The topological polar surface area (TPSA) is 19.6 Å². The Morgan fingerprint density at radius 2 is 1.01 bits per heavy atom. The summed E-state index contributed by atoms with van der Waals surface area (Å²) in [4.78, 5) is 5.53. The first kappa shape index (κ1) is 47.8. The molecule has 77 heavy (non-hydrogen) atoms. The Bertz CT molecular complexity index is 3840. The van der Waals surface area contributed by atoms with Crippen LogP contribution >= 0.6 is 0 Å². The number of hydrogen-bond acceptors (Lipinski definition) is 3. The summed E-state index contributed by atoms with van der Waals surface area (Å²) < 4.78 is 7.82. The minimum atomic E-state index is -3.03. The Kier molecular flexibility index (Phi) is 10.7. The van der Waals surface area contributed by atoms with E-state index in [1.54, 1.807) is 0 Å². The second-order valence-corrected chi connectivity index (χ2v) is 29.0. The van der Waals surface area contributed by atoms with Crippen molar-refractivity contribution in [1.82, 2.24) is 0 Å². The monoisotopic (exact) mass is 1010 g/mol. The van der Waals surface area contributed by atoms with E-state index in [0.717, 1.165) is 40.8 Å². The van der Waals surface area contributed by atoms with E-state index in [0.29, 0.717) is 0 Å². The molecule has 14 rings (SSSR count). The van der Waals surface area contributed by atoms with Gasteiger partial charge < -0.3 is 14.2 Å². The molecule has 378 valence electrons. The van der Waals surface area contributed by atoms with E-state index >= 15 is 0 Å².